The summed E-state index contributed by atoms with van der Waals surface area (Å²) in [6, 6.07) is 14.5. The van der Waals surface area contributed by atoms with Crippen LogP contribution in [-0.4, -0.2) is 11.1 Å². The summed E-state index contributed by atoms with van der Waals surface area (Å²) in [5.41, 5.74) is 5.17. The van der Waals surface area contributed by atoms with Crippen molar-refractivity contribution < 1.29 is 9.90 Å². The molecule has 2 aromatic rings. The fraction of sp³-hybridized carbons (Fsp3) is 0.519. The lowest BCUT2D eigenvalue weighted by Crippen LogP contribution is -2.17. The van der Waals surface area contributed by atoms with Gasteiger partial charge in [-0.15, -0.1) is 0 Å². The quantitative estimate of drug-likeness (QED) is 0.441. The number of benzene rings is 2. The Bertz CT molecular complexity index is 783. The highest BCUT2D eigenvalue weighted by atomic mass is 16.4. The van der Waals surface area contributed by atoms with Gasteiger partial charge in [-0.05, 0) is 72.3 Å². The molecule has 1 aliphatic rings. The summed E-state index contributed by atoms with van der Waals surface area (Å²) in [7, 11) is 0. The van der Waals surface area contributed by atoms with Crippen LogP contribution in [0.5, 0.6) is 0 Å². The highest BCUT2D eigenvalue weighted by Gasteiger charge is 2.27. The number of aryl methyl sites for hydroxylation is 1. The molecule has 0 unspecified atom stereocenters. The fourth-order valence-corrected chi connectivity index (χ4v) is 5.01. The molecule has 0 spiro atoms. The van der Waals surface area contributed by atoms with Gasteiger partial charge in [-0.2, -0.15) is 0 Å². The van der Waals surface area contributed by atoms with E-state index in [0.29, 0.717) is 11.5 Å². The van der Waals surface area contributed by atoms with E-state index in [9.17, 15) is 9.90 Å². The lowest BCUT2D eigenvalue weighted by molar-refractivity contribution is 0.0694. The minimum absolute atomic E-state index is 0.357. The topological polar surface area (TPSA) is 37.3 Å². The van der Waals surface area contributed by atoms with Gasteiger partial charge in [-0.1, -0.05) is 82.3 Å². The van der Waals surface area contributed by atoms with Gasteiger partial charge < -0.3 is 5.11 Å². The van der Waals surface area contributed by atoms with Crippen LogP contribution in [0.4, 0.5) is 0 Å². The molecule has 3 rings (SSSR count). The molecular formula is C27H36O2. The van der Waals surface area contributed by atoms with Crippen molar-refractivity contribution in [2.24, 2.45) is 5.92 Å². The molecule has 1 fully saturated rings. The van der Waals surface area contributed by atoms with Gasteiger partial charge in [0, 0.05) is 0 Å². The lowest BCUT2D eigenvalue weighted by atomic mass is 9.74. The average molecular weight is 393 g/mol. The smallest absolute Gasteiger partial charge is 0.335 e. The van der Waals surface area contributed by atoms with E-state index in [1.54, 1.807) is 6.07 Å². The molecule has 0 aliphatic heterocycles. The van der Waals surface area contributed by atoms with Gasteiger partial charge in [-0.3, -0.25) is 0 Å². The maximum Gasteiger partial charge on any atom is 0.335 e. The van der Waals surface area contributed by atoms with Crippen molar-refractivity contribution in [1.29, 1.82) is 0 Å². The van der Waals surface area contributed by atoms with Crippen LogP contribution >= 0.6 is 0 Å². The van der Waals surface area contributed by atoms with Crippen LogP contribution in [0, 0.1) is 5.92 Å². The fourth-order valence-electron chi connectivity index (χ4n) is 5.01. The minimum atomic E-state index is -0.797. The van der Waals surface area contributed by atoms with Crippen molar-refractivity contribution in [3.8, 4) is 11.1 Å². The molecule has 0 saturated heterocycles. The van der Waals surface area contributed by atoms with Crippen LogP contribution in [0.15, 0.2) is 42.5 Å². The summed E-state index contributed by atoms with van der Waals surface area (Å²) in [5.74, 6) is 0.385. The molecule has 2 aromatic carbocycles. The second kappa shape index (κ2) is 10.6. The van der Waals surface area contributed by atoms with Crippen molar-refractivity contribution in [3.05, 3.63) is 59.2 Å². The summed E-state index contributed by atoms with van der Waals surface area (Å²) in [6.07, 6.45) is 12.2. The van der Waals surface area contributed by atoms with Crippen LogP contribution in [-0.2, 0) is 6.42 Å². The van der Waals surface area contributed by atoms with E-state index in [-0.39, 0.29) is 0 Å². The Morgan fingerprint density at radius 3 is 2.28 bits per heavy atom. The first-order chi connectivity index (χ1) is 14.1. The van der Waals surface area contributed by atoms with Crippen molar-refractivity contribution in [2.45, 2.75) is 84.0 Å². The molecule has 2 nitrogen and oxygen atoms in total. The monoisotopic (exact) mass is 392 g/mol. The maximum atomic E-state index is 12.0. The van der Waals surface area contributed by atoms with E-state index in [1.807, 2.05) is 6.07 Å². The number of carboxylic acids is 1. The molecule has 0 aromatic heterocycles. The van der Waals surface area contributed by atoms with Crippen LogP contribution in [0.3, 0.4) is 0 Å². The molecule has 0 heterocycles. The van der Waals surface area contributed by atoms with Crippen LogP contribution < -0.4 is 0 Å². The van der Waals surface area contributed by atoms with Crippen molar-refractivity contribution >= 4 is 5.97 Å². The Hall–Kier alpha value is -2.09. The van der Waals surface area contributed by atoms with Gasteiger partial charge >= 0.3 is 5.97 Å². The first-order valence-corrected chi connectivity index (χ1v) is 11.6. The summed E-state index contributed by atoms with van der Waals surface area (Å²) >= 11 is 0. The van der Waals surface area contributed by atoms with Crippen LogP contribution in [0.2, 0.25) is 0 Å². The Kier molecular flexibility index (Phi) is 7.91. The molecule has 0 amide bonds. The van der Waals surface area contributed by atoms with Gasteiger partial charge in [0.15, 0.2) is 0 Å². The zero-order valence-corrected chi connectivity index (χ0v) is 18.1. The SMILES string of the molecule is CCCCC[C@H]1CC[C@H](c2c(C(=O)O)cccc2-c2ccc(CCC)cc2)CC1. The second-order valence-corrected chi connectivity index (χ2v) is 8.73. The first-order valence-electron chi connectivity index (χ1n) is 11.6. The third-order valence-corrected chi connectivity index (χ3v) is 6.61. The molecular weight excluding hydrogens is 356 g/mol. The maximum absolute atomic E-state index is 12.0. The molecule has 0 radical (unpaired) electrons. The normalized spacial score (nSPS) is 19.2. The van der Waals surface area contributed by atoms with E-state index in [0.717, 1.165) is 48.3 Å². The summed E-state index contributed by atoms with van der Waals surface area (Å²) in [5, 5.41) is 9.88. The summed E-state index contributed by atoms with van der Waals surface area (Å²) < 4.78 is 0. The molecule has 0 atom stereocenters. The molecule has 1 N–H and O–H groups in total. The van der Waals surface area contributed by atoms with Gasteiger partial charge in [0.1, 0.15) is 0 Å². The molecule has 29 heavy (non-hydrogen) atoms. The van der Waals surface area contributed by atoms with Crippen LogP contribution in [0.25, 0.3) is 11.1 Å². The molecule has 2 heteroatoms. The molecule has 1 aliphatic carbocycles. The van der Waals surface area contributed by atoms with E-state index in [1.165, 1.54) is 44.1 Å². The number of carboxylic acid groups (broad SMARTS) is 1. The largest absolute Gasteiger partial charge is 0.478 e. The van der Waals surface area contributed by atoms with Gasteiger partial charge in [0.05, 0.1) is 5.56 Å². The van der Waals surface area contributed by atoms with E-state index >= 15 is 0 Å². The number of unbranched alkanes of at least 4 members (excludes halogenated alkanes) is 2. The predicted octanol–water partition coefficient (Wildman–Crippen LogP) is 7.86. The Labute approximate surface area is 176 Å². The third-order valence-electron chi connectivity index (χ3n) is 6.61. The van der Waals surface area contributed by atoms with Gasteiger partial charge in [0.2, 0.25) is 0 Å². The lowest BCUT2D eigenvalue weighted by Gasteiger charge is -2.31. The van der Waals surface area contributed by atoms with Crippen molar-refractivity contribution in [2.75, 3.05) is 0 Å². The van der Waals surface area contributed by atoms with E-state index in [2.05, 4.69) is 44.2 Å². The highest BCUT2D eigenvalue weighted by Crippen LogP contribution is 2.43. The average Bonchev–Trinajstić information content (AvgIpc) is 2.75. The van der Waals surface area contributed by atoms with E-state index in [4.69, 9.17) is 0 Å². The Morgan fingerprint density at radius 1 is 0.931 bits per heavy atom. The molecule has 0 bridgehead atoms. The third kappa shape index (κ3) is 5.50. The van der Waals surface area contributed by atoms with Crippen molar-refractivity contribution in [3.63, 3.8) is 0 Å². The minimum Gasteiger partial charge on any atom is -0.478 e. The van der Waals surface area contributed by atoms with Gasteiger partial charge in [-0.25, -0.2) is 4.79 Å². The molecule has 1 saturated carbocycles. The van der Waals surface area contributed by atoms with E-state index < -0.39 is 5.97 Å². The summed E-state index contributed by atoms with van der Waals surface area (Å²) in [4.78, 5) is 12.0. The zero-order valence-electron chi connectivity index (χ0n) is 18.1. The number of carbonyl (C=O) groups is 1. The standard InChI is InChI=1S/C27H36O2/c1-3-5-6-9-21-14-18-23(19-15-21)26-24(10-7-11-25(26)27(28)29)22-16-12-20(8-4-2)13-17-22/h7,10-13,16-17,21,23H,3-6,8-9,14-15,18-19H2,1-2H3,(H,28,29)/t21-,23-. The number of aromatic carboxylic acids is 1. The molecule has 156 valence electrons. The zero-order chi connectivity index (χ0) is 20.6. The van der Waals surface area contributed by atoms with Gasteiger partial charge in [0.25, 0.3) is 0 Å². The number of hydrogen-bond acceptors (Lipinski definition) is 1. The first kappa shape index (κ1) is 21.6. The highest BCUT2D eigenvalue weighted by molar-refractivity contribution is 5.92. The predicted molar refractivity (Wildman–Crippen MR) is 122 cm³/mol. The Morgan fingerprint density at radius 2 is 1.66 bits per heavy atom. The van der Waals surface area contributed by atoms with Crippen LogP contribution in [0.1, 0.15) is 99.0 Å². The Balaban J connectivity index is 1.84. The second-order valence-electron chi connectivity index (χ2n) is 8.73. The number of rotatable bonds is 9. The summed E-state index contributed by atoms with van der Waals surface area (Å²) in [6.45, 7) is 4.46. The van der Waals surface area contributed by atoms with Crippen molar-refractivity contribution in [1.82, 2.24) is 0 Å². The number of hydrogen-bond donors (Lipinski definition) is 1.